The van der Waals surface area contributed by atoms with Crippen molar-refractivity contribution < 1.29 is 9.18 Å². The highest BCUT2D eigenvalue weighted by Gasteiger charge is 2.19. The van der Waals surface area contributed by atoms with Crippen molar-refractivity contribution in [2.24, 2.45) is 0 Å². The Hall–Kier alpha value is -3.58. The summed E-state index contributed by atoms with van der Waals surface area (Å²) in [6, 6.07) is 16.8. The molecule has 0 unspecified atom stereocenters. The smallest absolute Gasteiger partial charge is 0.258 e. The zero-order valence-electron chi connectivity index (χ0n) is 16.1. The standard InChI is InChI=1S/C23H18FN3O2S/c1-27(14-21-25-19-6-3-2-5-17(19)22(28)26-21)23(29)18(20-7-4-12-30-20)13-15-8-10-16(24)11-9-15/h2-13H,14H2,1H3,(H,25,26,28)/b18-13+. The molecule has 4 rings (SSSR count). The van der Waals surface area contributed by atoms with Crippen LogP contribution in [0.1, 0.15) is 16.3 Å². The van der Waals surface area contributed by atoms with Crippen molar-refractivity contribution in [3.8, 4) is 0 Å². The molecule has 2 aromatic heterocycles. The van der Waals surface area contributed by atoms with Crippen LogP contribution in [0.5, 0.6) is 0 Å². The number of halogens is 1. The van der Waals surface area contributed by atoms with Crippen LogP contribution in [0.3, 0.4) is 0 Å². The van der Waals surface area contributed by atoms with E-state index in [-0.39, 0.29) is 23.8 Å². The molecule has 0 atom stereocenters. The number of nitrogens with zero attached hydrogens (tertiary/aromatic N) is 2. The molecule has 1 N–H and O–H groups in total. The first-order valence-corrected chi connectivity index (χ1v) is 10.1. The molecule has 0 spiro atoms. The number of H-pyrrole nitrogens is 1. The van der Waals surface area contributed by atoms with E-state index in [0.717, 1.165) is 10.4 Å². The molecule has 0 aliphatic carbocycles. The summed E-state index contributed by atoms with van der Waals surface area (Å²) in [5.74, 6) is -0.154. The Labute approximate surface area is 176 Å². The minimum absolute atomic E-state index is 0.144. The number of fused-ring (bicyclic) bond motifs is 1. The number of para-hydroxylation sites is 1. The molecule has 0 aliphatic rings. The average Bonchev–Trinajstić information content (AvgIpc) is 3.27. The normalized spacial score (nSPS) is 11.6. The van der Waals surface area contributed by atoms with Gasteiger partial charge in [0.25, 0.3) is 11.5 Å². The fourth-order valence-corrected chi connectivity index (χ4v) is 3.84. The van der Waals surface area contributed by atoms with Crippen LogP contribution in [0, 0.1) is 5.82 Å². The molecular weight excluding hydrogens is 401 g/mol. The molecule has 4 aromatic rings. The van der Waals surface area contributed by atoms with Gasteiger partial charge in [0.05, 0.1) is 23.0 Å². The van der Waals surface area contributed by atoms with Crippen molar-refractivity contribution in [3.63, 3.8) is 0 Å². The number of thiophene rings is 1. The van der Waals surface area contributed by atoms with Crippen LogP contribution in [0.4, 0.5) is 4.39 Å². The Morgan fingerprint density at radius 2 is 1.90 bits per heavy atom. The van der Waals surface area contributed by atoms with Gasteiger partial charge >= 0.3 is 0 Å². The molecule has 1 amide bonds. The summed E-state index contributed by atoms with van der Waals surface area (Å²) in [7, 11) is 1.66. The minimum Gasteiger partial charge on any atom is -0.334 e. The van der Waals surface area contributed by atoms with E-state index in [0.29, 0.717) is 22.3 Å². The molecule has 150 valence electrons. The number of benzene rings is 2. The topological polar surface area (TPSA) is 66.1 Å². The van der Waals surface area contributed by atoms with Crippen molar-refractivity contribution in [2.75, 3.05) is 7.05 Å². The SMILES string of the molecule is CN(Cc1nc2ccccc2c(=O)[nH]1)C(=O)/C(=C/c1ccc(F)cc1)c1cccs1. The summed E-state index contributed by atoms with van der Waals surface area (Å²) >= 11 is 1.45. The third-order valence-corrected chi connectivity index (χ3v) is 5.50. The van der Waals surface area contributed by atoms with Crippen molar-refractivity contribution in [2.45, 2.75) is 6.54 Å². The minimum atomic E-state index is -0.334. The molecule has 0 bridgehead atoms. The van der Waals surface area contributed by atoms with E-state index < -0.39 is 0 Å². The summed E-state index contributed by atoms with van der Waals surface area (Å²) in [5.41, 5.74) is 1.55. The summed E-state index contributed by atoms with van der Waals surface area (Å²) in [6.45, 7) is 0.144. The monoisotopic (exact) mass is 419 g/mol. The number of aromatic amines is 1. The first-order chi connectivity index (χ1) is 14.5. The summed E-state index contributed by atoms with van der Waals surface area (Å²) in [6.07, 6.45) is 1.74. The molecule has 5 nitrogen and oxygen atoms in total. The van der Waals surface area contributed by atoms with E-state index >= 15 is 0 Å². The molecule has 0 radical (unpaired) electrons. The van der Waals surface area contributed by atoms with Gasteiger partial charge in [-0.3, -0.25) is 9.59 Å². The van der Waals surface area contributed by atoms with Gasteiger partial charge in [0.15, 0.2) is 0 Å². The van der Waals surface area contributed by atoms with Crippen molar-refractivity contribution in [3.05, 3.63) is 98.5 Å². The fourth-order valence-electron chi connectivity index (χ4n) is 3.11. The maximum absolute atomic E-state index is 13.2. The Kier molecular flexibility index (Phi) is 5.54. The van der Waals surface area contributed by atoms with Gasteiger partial charge in [-0.25, -0.2) is 9.37 Å². The lowest BCUT2D eigenvalue weighted by Crippen LogP contribution is -2.29. The molecule has 2 aromatic carbocycles. The molecule has 30 heavy (non-hydrogen) atoms. The molecule has 0 saturated carbocycles. The van der Waals surface area contributed by atoms with Gasteiger partial charge in [0.1, 0.15) is 11.6 Å². The van der Waals surface area contributed by atoms with Crippen LogP contribution in [0.2, 0.25) is 0 Å². The fraction of sp³-hybridized carbons (Fsp3) is 0.0870. The van der Waals surface area contributed by atoms with Gasteiger partial charge in [-0.2, -0.15) is 0 Å². The van der Waals surface area contributed by atoms with Crippen LogP contribution in [0.25, 0.3) is 22.6 Å². The maximum atomic E-state index is 13.2. The number of carbonyl (C=O) groups excluding carboxylic acids is 1. The summed E-state index contributed by atoms with van der Waals surface area (Å²) in [5, 5.41) is 2.40. The molecule has 0 aliphatic heterocycles. The number of amides is 1. The van der Waals surface area contributed by atoms with Gasteiger partial charge in [-0.1, -0.05) is 30.3 Å². The van der Waals surface area contributed by atoms with E-state index in [4.69, 9.17) is 0 Å². The van der Waals surface area contributed by atoms with Gasteiger partial charge in [-0.05, 0) is 47.4 Å². The highest BCUT2D eigenvalue weighted by Crippen LogP contribution is 2.25. The highest BCUT2D eigenvalue weighted by atomic mass is 32.1. The van der Waals surface area contributed by atoms with Gasteiger partial charge < -0.3 is 9.88 Å². The lowest BCUT2D eigenvalue weighted by Gasteiger charge is -2.18. The van der Waals surface area contributed by atoms with E-state index in [9.17, 15) is 14.0 Å². The predicted octanol–water partition coefficient (Wildman–Crippen LogP) is 4.32. The Morgan fingerprint density at radius 3 is 2.63 bits per heavy atom. The summed E-state index contributed by atoms with van der Waals surface area (Å²) in [4.78, 5) is 35.1. The third-order valence-electron chi connectivity index (χ3n) is 4.59. The molecule has 0 fully saturated rings. The Morgan fingerprint density at radius 1 is 1.13 bits per heavy atom. The number of likely N-dealkylation sites (N-methyl/N-ethyl adjacent to an activating group) is 1. The van der Waals surface area contributed by atoms with Gasteiger partial charge in [0, 0.05) is 11.9 Å². The van der Waals surface area contributed by atoms with Crippen molar-refractivity contribution in [1.29, 1.82) is 0 Å². The van der Waals surface area contributed by atoms with Crippen LogP contribution >= 0.6 is 11.3 Å². The second kappa shape index (κ2) is 8.42. The van der Waals surface area contributed by atoms with Crippen LogP contribution < -0.4 is 5.56 Å². The van der Waals surface area contributed by atoms with Crippen molar-refractivity contribution in [1.82, 2.24) is 14.9 Å². The second-order valence-electron chi connectivity index (χ2n) is 6.78. The number of hydrogen-bond acceptors (Lipinski definition) is 4. The van der Waals surface area contributed by atoms with Crippen LogP contribution in [0.15, 0.2) is 70.8 Å². The number of carbonyl (C=O) groups is 1. The number of nitrogens with one attached hydrogen (secondary N) is 1. The lowest BCUT2D eigenvalue weighted by atomic mass is 10.1. The number of hydrogen-bond donors (Lipinski definition) is 1. The van der Waals surface area contributed by atoms with E-state index in [1.807, 2.05) is 23.6 Å². The molecule has 0 saturated heterocycles. The van der Waals surface area contributed by atoms with E-state index in [1.54, 1.807) is 43.5 Å². The molecular formula is C23H18FN3O2S. The Bertz CT molecular complexity index is 1280. The zero-order chi connectivity index (χ0) is 21.1. The molecule has 2 heterocycles. The zero-order valence-corrected chi connectivity index (χ0v) is 16.9. The number of rotatable bonds is 5. The first kappa shape index (κ1) is 19.7. The largest absolute Gasteiger partial charge is 0.334 e. The second-order valence-corrected chi connectivity index (χ2v) is 7.73. The van der Waals surface area contributed by atoms with Gasteiger partial charge in [-0.15, -0.1) is 11.3 Å². The van der Waals surface area contributed by atoms with Crippen molar-refractivity contribution >= 4 is 39.8 Å². The Balaban J connectivity index is 1.64. The first-order valence-electron chi connectivity index (χ1n) is 9.26. The quantitative estimate of drug-likeness (QED) is 0.490. The van der Waals surface area contributed by atoms with Crippen LogP contribution in [-0.4, -0.2) is 27.8 Å². The lowest BCUT2D eigenvalue weighted by molar-refractivity contribution is -0.124. The predicted molar refractivity (Wildman–Crippen MR) is 117 cm³/mol. The van der Waals surface area contributed by atoms with Crippen LogP contribution in [-0.2, 0) is 11.3 Å². The van der Waals surface area contributed by atoms with E-state index in [2.05, 4.69) is 9.97 Å². The maximum Gasteiger partial charge on any atom is 0.258 e. The molecule has 7 heteroatoms. The van der Waals surface area contributed by atoms with E-state index in [1.165, 1.54) is 28.4 Å². The highest BCUT2D eigenvalue weighted by molar-refractivity contribution is 7.11. The summed E-state index contributed by atoms with van der Waals surface area (Å²) < 4.78 is 13.2. The number of aromatic nitrogens is 2. The van der Waals surface area contributed by atoms with Gasteiger partial charge in [0.2, 0.25) is 0 Å². The average molecular weight is 419 g/mol. The third kappa shape index (κ3) is 4.21.